The lowest BCUT2D eigenvalue weighted by Crippen LogP contribution is -2.37. The van der Waals surface area contributed by atoms with Crippen LogP contribution in [0, 0.1) is 0 Å². The molecule has 0 spiro atoms. The van der Waals surface area contributed by atoms with Crippen LogP contribution in [0.15, 0.2) is 36.5 Å². The van der Waals surface area contributed by atoms with E-state index in [1.807, 2.05) is 12.3 Å². The number of pyridine rings is 1. The van der Waals surface area contributed by atoms with Crippen LogP contribution in [0.2, 0.25) is 5.15 Å². The summed E-state index contributed by atoms with van der Waals surface area (Å²) in [7, 11) is 0. The molecule has 0 amide bonds. The van der Waals surface area contributed by atoms with Crippen LogP contribution >= 0.6 is 11.6 Å². The Morgan fingerprint density at radius 2 is 2.00 bits per heavy atom. The predicted octanol–water partition coefficient (Wildman–Crippen LogP) is 4.12. The number of fused-ring (bicyclic) bond motifs is 3. The van der Waals surface area contributed by atoms with Gasteiger partial charge in [-0.2, -0.15) is 0 Å². The first kappa shape index (κ1) is 20.3. The van der Waals surface area contributed by atoms with E-state index in [2.05, 4.69) is 39.0 Å². The molecule has 2 unspecified atom stereocenters. The quantitative estimate of drug-likeness (QED) is 0.512. The van der Waals surface area contributed by atoms with Gasteiger partial charge in [0.15, 0.2) is 0 Å². The second kappa shape index (κ2) is 9.23. The van der Waals surface area contributed by atoms with Gasteiger partial charge in [-0.05, 0) is 60.7 Å². The van der Waals surface area contributed by atoms with E-state index in [0.29, 0.717) is 17.1 Å². The molecule has 2 aromatic rings. The summed E-state index contributed by atoms with van der Waals surface area (Å²) >= 11 is 6.02. The number of hydrogen-bond acceptors (Lipinski definition) is 5. The van der Waals surface area contributed by atoms with Crippen molar-refractivity contribution in [1.82, 2.24) is 14.8 Å². The van der Waals surface area contributed by atoms with Gasteiger partial charge in [-0.25, -0.2) is 4.98 Å². The molecule has 4 heterocycles. The normalized spacial score (nSPS) is 24.4. The molecular weight excluding hydrogens is 398 g/mol. The third-order valence-electron chi connectivity index (χ3n) is 6.72. The summed E-state index contributed by atoms with van der Waals surface area (Å²) in [6, 6.07) is 11.3. The van der Waals surface area contributed by atoms with E-state index in [4.69, 9.17) is 21.1 Å². The maximum absolute atomic E-state index is 6.16. The molecule has 0 N–H and O–H groups in total. The highest BCUT2D eigenvalue weighted by Crippen LogP contribution is 2.45. The molecule has 0 aliphatic carbocycles. The highest BCUT2D eigenvalue weighted by molar-refractivity contribution is 6.29. The van der Waals surface area contributed by atoms with E-state index in [9.17, 15) is 0 Å². The highest BCUT2D eigenvalue weighted by Gasteiger charge is 2.36. The topological polar surface area (TPSA) is 37.8 Å². The van der Waals surface area contributed by atoms with Gasteiger partial charge in [-0.1, -0.05) is 23.7 Å². The summed E-state index contributed by atoms with van der Waals surface area (Å²) in [5, 5.41) is 0.551. The Morgan fingerprint density at radius 3 is 2.83 bits per heavy atom. The summed E-state index contributed by atoms with van der Waals surface area (Å²) in [6.07, 6.45) is 5.48. The Kier molecular flexibility index (Phi) is 6.23. The third kappa shape index (κ3) is 4.35. The maximum atomic E-state index is 6.16. The first-order chi connectivity index (χ1) is 14.8. The van der Waals surface area contributed by atoms with Gasteiger partial charge in [-0.3, -0.25) is 9.80 Å². The number of benzene rings is 1. The molecule has 2 atom stereocenters. The average Bonchev–Trinajstić information content (AvgIpc) is 3.26. The molecule has 5 nitrogen and oxygen atoms in total. The standard InChI is InChI=1S/C24H30ClN3O2/c25-24-7-4-18(16-26-24)22-17-28-9-1-3-23(28)21-15-19(5-6-20(21)22)30-12-2-8-27-10-13-29-14-11-27/h4-7,15-16,22-23H,1-3,8-14,17H2. The Labute approximate surface area is 183 Å². The average molecular weight is 428 g/mol. The van der Waals surface area contributed by atoms with E-state index in [1.165, 1.54) is 36.1 Å². The van der Waals surface area contributed by atoms with Crippen molar-refractivity contribution in [3.8, 4) is 5.75 Å². The Balaban J connectivity index is 1.29. The van der Waals surface area contributed by atoms with Crippen molar-refractivity contribution in [3.63, 3.8) is 0 Å². The molecule has 1 aromatic carbocycles. The highest BCUT2D eigenvalue weighted by atomic mass is 35.5. The van der Waals surface area contributed by atoms with E-state index >= 15 is 0 Å². The molecule has 5 rings (SSSR count). The van der Waals surface area contributed by atoms with E-state index in [0.717, 1.165) is 58.2 Å². The van der Waals surface area contributed by atoms with E-state index in [-0.39, 0.29) is 0 Å². The number of ether oxygens (including phenoxy) is 2. The zero-order valence-electron chi connectivity index (χ0n) is 17.4. The predicted molar refractivity (Wildman–Crippen MR) is 118 cm³/mol. The van der Waals surface area contributed by atoms with Crippen LogP contribution < -0.4 is 4.74 Å². The largest absolute Gasteiger partial charge is 0.494 e. The van der Waals surface area contributed by atoms with Crippen molar-refractivity contribution in [1.29, 1.82) is 0 Å². The number of aromatic nitrogens is 1. The lowest BCUT2D eigenvalue weighted by atomic mass is 9.82. The molecule has 2 saturated heterocycles. The first-order valence-corrected chi connectivity index (χ1v) is 11.6. The van der Waals surface area contributed by atoms with Crippen molar-refractivity contribution in [2.24, 2.45) is 0 Å². The fraction of sp³-hybridized carbons (Fsp3) is 0.542. The third-order valence-corrected chi connectivity index (χ3v) is 6.94. The second-order valence-electron chi connectivity index (χ2n) is 8.57. The Bertz CT molecular complexity index is 854. The van der Waals surface area contributed by atoms with Crippen LogP contribution in [0.3, 0.4) is 0 Å². The molecule has 3 aliphatic rings. The van der Waals surface area contributed by atoms with Crippen molar-refractivity contribution < 1.29 is 9.47 Å². The van der Waals surface area contributed by atoms with Crippen molar-refractivity contribution in [3.05, 3.63) is 58.4 Å². The summed E-state index contributed by atoms with van der Waals surface area (Å²) in [5.74, 6) is 1.34. The van der Waals surface area contributed by atoms with Gasteiger partial charge in [0.1, 0.15) is 10.9 Å². The van der Waals surface area contributed by atoms with Crippen molar-refractivity contribution >= 4 is 11.6 Å². The number of rotatable bonds is 6. The molecule has 3 aliphatic heterocycles. The zero-order valence-corrected chi connectivity index (χ0v) is 18.2. The molecule has 160 valence electrons. The summed E-state index contributed by atoms with van der Waals surface area (Å²) in [5.41, 5.74) is 4.09. The van der Waals surface area contributed by atoms with Gasteiger partial charge in [0.25, 0.3) is 0 Å². The van der Waals surface area contributed by atoms with Crippen LogP contribution in [0.1, 0.15) is 47.9 Å². The van der Waals surface area contributed by atoms with Crippen LogP contribution in [-0.2, 0) is 4.74 Å². The summed E-state index contributed by atoms with van der Waals surface area (Å²) in [6.45, 7) is 7.86. The SMILES string of the molecule is Clc1ccc(C2CN3CCCC3c3cc(OCCCN4CCOCC4)ccc32)cn1. The Hall–Kier alpha value is -1.66. The molecule has 0 saturated carbocycles. The number of hydrogen-bond donors (Lipinski definition) is 0. The summed E-state index contributed by atoms with van der Waals surface area (Å²) < 4.78 is 11.6. The molecule has 6 heteroatoms. The number of morpholine rings is 1. The van der Waals surface area contributed by atoms with Gasteiger partial charge in [0, 0.05) is 44.3 Å². The molecule has 2 fully saturated rings. The van der Waals surface area contributed by atoms with Crippen LogP contribution in [-0.4, -0.2) is 67.3 Å². The van der Waals surface area contributed by atoms with E-state index in [1.54, 1.807) is 0 Å². The second-order valence-corrected chi connectivity index (χ2v) is 8.95. The van der Waals surface area contributed by atoms with Gasteiger partial charge in [-0.15, -0.1) is 0 Å². The van der Waals surface area contributed by atoms with Gasteiger partial charge >= 0.3 is 0 Å². The minimum absolute atomic E-state index is 0.342. The smallest absolute Gasteiger partial charge is 0.129 e. The van der Waals surface area contributed by atoms with Crippen molar-refractivity contribution in [2.45, 2.75) is 31.2 Å². The summed E-state index contributed by atoms with van der Waals surface area (Å²) in [4.78, 5) is 9.42. The fourth-order valence-corrected chi connectivity index (χ4v) is 5.27. The molecule has 1 aromatic heterocycles. The monoisotopic (exact) mass is 427 g/mol. The number of nitrogens with zero attached hydrogens (tertiary/aromatic N) is 3. The molecule has 30 heavy (non-hydrogen) atoms. The van der Waals surface area contributed by atoms with Crippen LogP contribution in [0.4, 0.5) is 0 Å². The molecular formula is C24H30ClN3O2. The van der Waals surface area contributed by atoms with Gasteiger partial charge in [0.2, 0.25) is 0 Å². The lowest BCUT2D eigenvalue weighted by Gasteiger charge is -2.37. The van der Waals surface area contributed by atoms with Crippen LogP contribution in [0.5, 0.6) is 5.75 Å². The maximum Gasteiger partial charge on any atom is 0.129 e. The molecule has 0 radical (unpaired) electrons. The van der Waals surface area contributed by atoms with Crippen LogP contribution in [0.25, 0.3) is 0 Å². The lowest BCUT2D eigenvalue weighted by molar-refractivity contribution is 0.0358. The minimum atomic E-state index is 0.342. The molecule has 0 bridgehead atoms. The minimum Gasteiger partial charge on any atom is -0.494 e. The Morgan fingerprint density at radius 1 is 1.10 bits per heavy atom. The van der Waals surface area contributed by atoms with Crippen molar-refractivity contribution in [2.75, 3.05) is 52.5 Å². The zero-order chi connectivity index (χ0) is 20.3. The first-order valence-electron chi connectivity index (χ1n) is 11.2. The number of halogens is 1. The van der Waals surface area contributed by atoms with Gasteiger partial charge in [0.05, 0.1) is 19.8 Å². The van der Waals surface area contributed by atoms with Gasteiger partial charge < -0.3 is 9.47 Å². The fourth-order valence-electron chi connectivity index (χ4n) is 5.16. The van der Waals surface area contributed by atoms with E-state index < -0.39 is 0 Å².